The average molecular weight is 327 g/mol. The summed E-state index contributed by atoms with van der Waals surface area (Å²) in [6.45, 7) is 1.77. The zero-order chi connectivity index (χ0) is 12.1. The molecule has 0 fully saturated rings. The third-order valence-corrected chi connectivity index (χ3v) is 3.17. The SMILES string of the molecule is CC(CBr)OC(=O)Nc1cc(Cl)ccc1Cl. The molecule has 1 N–H and O–H groups in total. The molecule has 88 valence electrons. The lowest BCUT2D eigenvalue weighted by atomic mass is 10.3. The van der Waals surface area contributed by atoms with Crippen LogP contribution in [-0.2, 0) is 4.74 Å². The molecule has 1 aromatic rings. The van der Waals surface area contributed by atoms with Crippen LogP contribution in [0, 0.1) is 0 Å². The van der Waals surface area contributed by atoms with Gasteiger partial charge >= 0.3 is 6.09 Å². The minimum atomic E-state index is -0.559. The van der Waals surface area contributed by atoms with E-state index in [9.17, 15) is 4.79 Å². The quantitative estimate of drug-likeness (QED) is 0.840. The number of amides is 1. The van der Waals surface area contributed by atoms with Crippen LogP contribution >= 0.6 is 39.1 Å². The van der Waals surface area contributed by atoms with Gasteiger partial charge in [0.1, 0.15) is 6.10 Å². The predicted molar refractivity (Wildman–Crippen MR) is 69.8 cm³/mol. The summed E-state index contributed by atoms with van der Waals surface area (Å²) in [6.07, 6.45) is -0.769. The molecule has 0 saturated carbocycles. The Morgan fingerprint density at radius 2 is 2.25 bits per heavy atom. The molecule has 1 aromatic carbocycles. The highest BCUT2D eigenvalue weighted by Crippen LogP contribution is 2.25. The van der Waals surface area contributed by atoms with Gasteiger partial charge in [0.05, 0.1) is 10.7 Å². The van der Waals surface area contributed by atoms with Crippen LogP contribution in [0.4, 0.5) is 10.5 Å². The van der Waals surface area contributed by atoms with Crippen molar-refractivity contribution in [2.24, 2.45) is 0 Å². The van der Waals surface area contributed by atoms with Gasteiger partial charge in [0.25, 0.3) is 0 Å². The molecule has 0 aliphatic rings. The van der Waals surface area contributed by atoms with E-state index >= 15 is 0 Å². The Bertz CT molecular complexity index is 387. The summed E-state index contributed by atoms with van der Waals surface area (Å²) in [4.78, 5) is 11.4. The van der Waals surface area contributed by atoms with Gasteiger partial charge in [-0.2, -0.15) is 0 Å². The van der Waals surface area contributed by atoms with Crippen LogP contribution in [0.5, 0.6) is 0 Å². The number of ether oxygens (including phenoxy) is 1. The summed E-state index contributed by atoms with van der Waals surface area (Å²) >= 11 is 14.9. The monoisotopic (exact) mass is 325 g/mol. The van der Waals surface area contributed by atoms with Crippen molar-refractivity contribution in [2.45, 2.75) is 13.0 Å². The largest absolute Gasteiger partial charge is 0.445 e. The van der Waals surface area contributed by atoms with Crippen molar-refractivity contribution >= 4 is 50.9 Å². The van der Waals surface area contributed by atoms with Crippen LogP contribution in [0.25, 0.3) is 0 Å². The van der Waals surface area contributed by atoms with E-state index < -0.39 is 6.09 Å². The van der Waals surface area contributed by atoms with Crippen LogP contribution in [-0.4, -0.2) is 17.5 Å². The van der Waals surface area contributed by atoms with E-state index in [-0.39, 0.29) is 6.10 Å². The van der Waals surface area contributed by atoms with E-state index in [2.05, 4.69) is 21.2 Å². The Hall–Kier alpha value is -0.450. The Labute approximate surface area is 112 Å². The van der Waals surface area contributed by atoms with Crippen molar-refractivity contribution in [3.05, 3.63) is 28.2 Å². The number of halogens is 3. The molecular formula is C10H10BrCl2NO2. The first kappa shape index (κ1) is 13.6. The van der Waals surface area contributed by atoms with Crippen LogP contribution in [0.1, 0.15) is 6.92 Å². The Morgan fingerprint density at radius 1 is 1.56 bits per heavy atom. The maximum Gasteiger partial charge on any atom is 0.411 e. The van der Waals surface area contributed by atoms with Gasteiger partial charge in [-0.1, -0.05) is 39.1 Å². The van der Waals surface area contributed by atoms with E-state index in [1.54, 1.807) is 25.1 Å². The van der Waals surface area contributed by atoms with Crippen LogP contribution in [0.15, 0.2) is 18.2 Å². The summed E-state index contributed by atoms with van der Waals surface area (Å²) in [5.41, 5.74) is 0.431. The molecule has 0 heterocycles. The van der Waals surface area contributed by atoms with Crippen LogP contribution in [0.3, 0.4) is 0 Å². The molecule has 1 unspecified atom stereocenters. The molecule has 0 spiro atoms. The molecule has 0 bridgehead atoms. The molecular weight excluding hydrogens is 317 g/mol. The lowest BCUT2D eigenvalue weighted by Gasteiger charge is -2.12. The van der Waals surface area contributed by atoms with Crippen molar-refractivity contribution in [3.63, 3.8) is 0 Å². The molecule has 0 aromatic heterocycles. The van der Waals surface area contributed by atoms with Gasteiger partial charge in [0.2, 0.25) is 0 Å². The average Bonchev–Trinajstić information content (AvgIpc) is 2.23. The fourth-order valence-corrected chi connectivity index (χ4v) is 1.42. The molecule has 3 nitrogen and oxygen atoms in total. The lowest BCUT2D eigenvalue weighted by Crippen LogP contribution is -2.21. The number of nitrogens with one attached hydrogen (secondary N) is 1. The second-order valence-corrected chi connectivity index (χ2v) is 4.61. The van der Waals surface area contributed by atoms with E-state index in [0.29, 0.717) is 21.1 Å². The fourth-order valence-electron chi connectivity index (χ4n) is 0.947. The van der Waals surface area contributed by atoms with Crippen molar-refractivity contribution in [1.29, 1.82) is 0 Å². The first-order chi connectivity index (χ1) is 7.52. The molecule has 1 amide bonds. The number of rotatable bonds is 3. The summed E-state index contributed by atoms with van der Waals surface area (Å²) in [5.74, 6) is 0. The topological polar surface area (TPSA) is 38.3 Å². The molecule has 0 aliphatic heterocycles. The maximum atomic E-state index is 11.4. The highest BCUT2D eigenvalue weighted by Gasteiger charge is 2.10. The van der Waals surface area contributed by atoms with E-state index in [0.717, 1.165) is 0 Å². The van der Waals surface area contributed by atoms with Gasteiger partial charge in [0.15, 0.2) is 0 Å². The number of alkyl halides is 1. The summed E-state index contributed by atoms with van der Waals surface area (Å²) in [5, 5.41) is 3.99. The van der Waals surface area contributed by atoms with Crippen molar-refractivity contribution in [2.75, 3.05) is 10.6 Å². The fraction of sp³-hybridized carbons (Fsp3) is 0.300. The summed E-state index contributed by atoms with van der Waals surface area (Å²) in [6, 6.07) is 4.80. The molecule has 16 heavy (non-hydrogen) atoms. The minimum absolute atomic E-state index is 0.210. The van der Waals surface area contributed by atoms with Gasteiger partial charge < -0.3 is 4.74 Å². The summed E-state index contributed by atoms with van der Waals surface area (Å²) < 4.78 is 5.00. The standard InChI is InChI=1S/C10H10BrCl2NO2/c1-6(5-11)16-10(15)14-9-4-7(12)2-3-8(9)13/h2-4,6H,5H2,1H3,(H,14,15). The zero-order valence-corrected chi connectivity index (χ0v) is 11.6. The summed E-state index contributed by atoms with van der Waals surface area (Å²) in [7, 11) is 0. The molecule has 0 aliphatic carbocycles. The first-order valence-electron chi connectivity index (χ1n) is 4.51. The first-order valence-corrected chi connectivity index (χ1v) is 6.39. The van der Waals surface area contributed by atoms with Crippen LogP contribution < -0.4 is 5.32 Å². The van der Waals surface area contributed by atoms with Crippen molar-refractivity contribution < 1.29 is 9.53 Å². The normalized spacial score (nSPS) is 12.0. The van der Waals surface area contributed by atoms with E-state index in [1.165, 1.54) is 0 Å². The number of anilines is 1. The highest BCUT2D eigenvalue weighted by molar-refractivity contribution is 9.09. The molecule has 6 heteroatoms. The van der Waals surface area contributed by atoms with E-state index in [1.807, 2.05) is 0 Å². The number of hydrogen-bond acceptors (Lipinski definition) is 2. The number of carbonyl (C=O) groups excluding carboxylic acids is 1. The second-order valence-electron chi connectivity index (χ2n) is 3.12. The second kappa shape index (κ2) is 6.33. The third-order valence-electron chi connectivity index (χ3n) is 1.69. The smallest absolute Gasteiger partial charge is 0.411 e. The Kier molecular flexibility index (Phi) is 5.38. The maximum absolute atomic E-state index is 11.4. The highest BCUT2D eigenvalue weighted by atomic mass is 79.9. The van der Waals surface area contributed by atoms with Gasteiger partial charge in [-0.05, 0) is 25.1 Å². The predicted octanol–water partition coefficient (Wildman–Crippen LogP) is 4.33. The van der Waals surface area contributed by atoms with Gasteiger partial charge in [-0.3, -0.25) is 5.32 Å². The number of hydrogen-bond donors (Lipinski definition) is 1. The molecule has 1 rings (SSSR count). The van der Waals surface area contributed by atoms with Crippen molar-refractivity contribution in [1.82, 2.24) is 0 Å². The lowest BCUT2D eigenvalue weighted by molar-refractivity contribution is 0.132. The van der Waals surface area contributed by atoms with Crippen LogP contribution in [0.2, 0.25) is 10.0 Å². The van der Waals surface area contributed by atoms with Gasteiger partial charge in [-0.15, -0.1) is 0 Å². The number of benzene rings is 1. The van der Waals surface area contributed by atoms with Gasteiger partial charge in [0, 0.05) is 10.4 Å². The molecule has 0 saturated heterocycles. The van der Waals surface area contributed by atoms with Crippen molar-refractivity contribution in [3.8, 4) is 0 Å². The number of carbonyl (C=O) groups is 1. The minimum Gasteiger partial charge on any atom is -0.445 e. The Balaban J connectivity index is 2.65. The third kappa shape index (κ3) is 4.20. The molecule has 1 atom stereocenters. The van der Waals surface area contributed by atoms with Gasteiger partial charge in [-0.25, -0.2) is 4.79 Å². The Morgan fingerprint density at radius 3 is 2.88 bits per heavy atom. The molecule has 0 radical (unpaired) electrons. The van der Waals surface area contributed by atoms with E-state index in [4.69, 9.17) is 27.9 Å². The zero-order valence-electron chi connectivity index (χ0n) is 8.47.